The van der Waals surface area contributed by atoms with Crippen LogP contribution >= 0.6 is 0 Å². The first kappa shape index (κ1) is 14.8. The van der Waals surface area contributed by atoms with Crippen molar-refractivity contribution in [2.45, 2.75) is 51.0 Å². The molecule has 3 rings (SSSR count). The van der Waals surface area contributed by atoms with Crippen LogP contribution < -0.4 is 10.1 Å². The van der Waals surface area contributed by atoms with Crippen LogP contribution in [0.1, 0.15) is 50.5 Å². The Bertz CT molecular complexity index is 486. The summed E-state index contributed by atoms with van der Waals surface area (Å²) in [5.74, 6) is 2.09. The zero-order valence-corrected chi connectivity index (χ0v) is 13.1. The summed E-state index contributed by atoms with van der Waals surface area (Å²) in [6, 6.07) is 6.08. The molecule has 3 unspecified atom stereocenters. The van der Waals surface area contributed by atoms with Crippen LogP contribution in [0.5, 0.6) is 5.75 Å². The van der Waals surface area contributed by atoms with Crippen LogP contribution in [0.3, 0.4) is 0 Å². The van der Waals surface area contributed by atoms with Gasteiger partial charge in [-0.15, -0.1) is 0 Å². The molecule has 3 heteroatoms. The van der Waals surface area contributed by atoms with Crippen LogP contribution in [0.4, 0.5) is 4.39 Å². The van der Waals surface area contributed by atoms with E-state index in [-0.39, 0.29) is 5.82 Å². The van der Waals surface area contributed by atoms with E-state index in [1.165, 1.54) is 31.7 Å². The van der Waals surface area contributed by atoms with Crippen molar-refractivity contribution in [3.05, 3.63) is 29.6 Å². The Kier molecular flexibility index (Phi) is 4.48. The average molecular weight is 291 g/mol. The Labute approximate surface area is 127 Å². The van der Waals surface area contributed by atoms with Crippen LogP contribution in [0.25, 0.3) is 0 Å². The minimum atomic E-state index is -0.107. The highest BCUT2D eigenvalue weighted by molar-refractivity contribution is 5.32. The van der Waals surface area contributed by atoms with Gasteiger partial charge in [-0.2, -0.15) is 0 Å². The summed E-state index contributed by atoms with van der Waals surface area (Å²) < 4.78 is 19.6. The highest BCUT2D eigenvalue weighted by atomic mass is 19.1. The van der Waals surface area contributed by atoms with Gasteiger partial charge in [0.1, 0.15) is 11.6 Å². The minimum absolute atomic E-state index is 0.107. The van der Waals surface area contributed by atoms with E-state index in [4.69, 9.17) is 4.74 Å². The third kappa shape index (κ3) is 3.57. The van der Waals surface area contributed by atoms with Gasteiger partial charge in [-0.25, -0.2) is 4.39 Å². The van der Waals surface area contributed by atoms with E-state index in [0.29, 0.717) is 23.5 Å². The third-order valence-electron chi connectivity index (χ3n) is 5.11. The van der Waals surface area contributed by atoms with Crippen molar-refractivity contribution in [2.24, 2.45) is 11.8 Å². The first-order chi connectivity index (χ1) is 10.2. The molecule has 0 heterocycles. The second kappa shape index (κ2) is 6.35. The molecule has 1 aromatic carbocycles. The van der Waals surface area contributed by atoms with Gasteiger partial charge in [-0.1, -0.05) is 19.4 Å². The molecule has 0 amide bonds. The van der Waals surface area contributed by atoms with Gasteiger partial charge in [0, 0.05) is 12.1 Å². The molecule has 0 bridgehead atoms. The lowest BCUT2D eigenvalue weighted by Gasteiger charge is -2.35. The molecular weight excluding hydrogens is 265 g/mol. The lowest BCUT2D eigenvalue weighted by atomic mass is 9.71. The summed E-state index contributed by atoms with van der Waals surface area (Å²) in [7, 11) is 1.58. The van der Waals surface area contributed by atoms with E-state index in [0.717, 1.165) is 24.6 Å². The first-order valence-electron chi connectivity index (χ1n) is 8.24. The van der Waals surface area contributed by atoms with Gasteiger partial charge in [0.2, 0.25) is 0 Å². The second-order valence-corrected chi connectivity index (χ2v) is 6.85. The number of halogens is 1. The molecule has 2 aliphatic carbocycles. The van der Waals surface area contributed by atoms with Crippen LogP contribution in [0.15, 0.2) is 18.2 Å². The first-order valence-corrected chi connectivity index (χ1v) is 8.24. The molecule has 2 saturated carbocycles. The summed E-state index contributed by atoms with van der Waals surface area (Å²) in [5, 5.41) is 3.64. The van der Waals surface area contributed by atoms with E-state index in [9.17, 15) is 4.39 Å². The third-order valence-corrected chi connectivity index (χ3v) is 5.11. The van der Waals surface area contributed by atoms with Crippen LogP contribution in [-0.4, -0.2) is 19.7 Å². The van der Waals surface area contributed by atoms with Gasteiger partial charge < -0.3 is 10.1 Å². The molecule has 0 radical (unpaired) electrons. The Morgan fingerprint density at radius 2 is 2.05 bits per heavy atom. The fourth-order valence-electron chi connectivity index (χ4n) is 3.61. The van der Waals surface area contributed by atoms with Gasteiger partial charge >= 0.3 is 0 Å². The van der Waals surface area contributed by atoms with Crippen molar-refractivity contribution >= 4 is 0 Å². The van der Waals surface area contributed by atoms with E-state index < -0.39 is 0 Å². The molecule has 0 saturated heterocycles. The quantitative estimate of drug-likeness (QED) is 0.881. The summed E-state index contributed by atoms with van der Waals surface area (Å²) in [5.41, 5.74) is 0.880. The van der Waals surface area contributed by atoms with Gasteiger partial charge in [-0.05, 0) is 61.6 Å². The van der Waals surface area contributed by atoms with Gasteiger partial charge in [-0.3, -0.25) is 0 Å². The molecule has 3 atom stereocenters. The summed E-state index contributed by atoms with van der Waals surface area (Å²) in [6.07, 6.45) is 6.19. The number of hydrogen-bond acceptors (Lipinski definition) is 2. The molecule has 1 aromatic rings. The van der Waals surface area contributed by atoms with Crippen molar-refractivity contribution in [1.82, 2.24) is 5.32 Å². The van der Waals surface area contributed by atoms with Crippen molar-refractivity contribution < 1.29 is 9.13 Å². The number of ether oxygens (including phenoxy) is 1. The SMILES string of the molecule is COc1ccc(C2CC(C)CCC2CNC2CC2)c(F)c1. The fourth-order valence-corrected chi connectivity index (χ4v) is 3.61. The maximum Gasteiger partial charge on any atom is 0.130 e. The predicted octanol–water partition coefficient (Wildman–Crippen LogP) is 4.11. The average Bonchev–Trinajstić information content (AvgIpc) is 3.30. The topological polar surface area (TPSA) is 21.3 Å². The van der Waals surface area contributed by atoms with Gasteiger partial charge in [0.15, 0.2) is 0 Å². The van der Waals surface area contributed by atoms with Crippen molar-refractivity contribution in [3.8, 4) is 5.75 Å². The van der Waals surface area contributed by atoms with Gasteiger partial charge in [0.05, 0.1) is 7.11 Å². The Hall–Kier alpha value is -1.09. The summed E-state index contributed by atoms with van der Waals surface area (Å²) in [6.45, 7) is 3.33. The molecule has 21 heavy (non-hydrogen) atoms. The Morgan fingerprint density at radius 3 is 2.71 bits per heavy atom. The normalized spacial score (nSPS) is 29.4. The van der Waals surface area contributed by atoms with Crippen LogP contribution in [0.2, 0.25) is 0 Å². The molecule has 1 N–H and O–H groups in total. The zero-order valence-electron chi connectivity index (χ0n) is 13.1. The van der Waals surface area contributed by atoms with Crippen molar-refractivity contribution in [3.63, 3.8) is 0 Å². The van der Waals surface area contributed by atoms with Crippen LogP contribution in [0, 0.1) is 17.7 Å². The predicted molar refractivity (Wildman–Crippen MR) is 83.2 cm³/mol. The number of hydrogen-bond donors (Lipinski definition) is 1. The number of methoxy groups -OCH3 is 1. The largest absolute Gasteiger partial charge is 0.497 e. The number of benzene rings is 1. The lowest BCUT2D eigenvalue weighted by Crippen LogP contribution is -2.32. The Balaban J connectivity index is 1.76. The molecule has 2 fully saturated rings. The van der Waals surface area contributed by atoms with Gasteiger partial charge in [0.25, 0.3) is 0 Å². The molecule has 2 nitrogen and oxygen atoms in total. The minimum Gasteiger partial charge on any atom is -0.497 e. The number of nitrogens with one attached hydrogen (secondary N) is 1. The molecular formula is C18H26FNO. The highest BCUT2D eigenvalue weighted by Gasteiger charge is 2.32. The number of rotatable bonds is 5. The monoisotopic (exact) mass is 291 g/mol. The Morgan fingerprint density at radius 1 is 1.24 bits per heavy atom. The standard InChI is InChI=1S/C18H26FNO/c1-12-3-4-13(11-20-14-5-6-14)17(9-12)16-8-7-15(21-2)10-18(16)19/h7-8,10,12-14,17,20H,3-6,9,11H2,1-2H3. The molecule has 0 aliphatic heterocycles. The molecule has 0 spiro atoms. The fraction of sp³-hybridized carbons (Fsp3) is 0.667. The van der Waals surface area contributed by atoms with Crippen molar-refractivity contribution in [1.29, 1.82) is 0 Å². The van der Waals surface area contributed by atoms with Crippen LogP contribution in [-0.2, 0) is 0 Å². The molecule has 116 valence electrons. The zero-order chi connectivity index (χ0) is 14.8. The molecule has 0 aromatic heterocycles. The summed E-state index contributed by atoms with van der Waals surface area (Å²) in [4.78, 5) is 0. The summed E-state index contributed by atoms with van der Waals surface area (Å²) >= 11 is 0. The highest BCUT2D eigenvalue weighted by Crippen LogP contribution is 2.42. The lowest BCUT2D eigenvalue weighted by molar-refractivity contribution is 0.237. The van der Waals surface area contributed by atoms with E-state index in [2.05, 4.69) is 12.2 Å². The maximum absolute atomic E-state index is 14.4. The van der Waals surface area contributed by atoms with E-state index >= 15 is 0 Å². The van der Waals surface area contributed by atoms with E-state index in [1.54, 1.807) is 7.11 Å². The molecule has 2 aliphatic rings. The van der Waals surface area contributed by atoms with Crippen molar-refractivity contribution in [2.75, 3.05) is 13.7 Å². The van der Waals surface area contributed by atoms with E-state index in [1.807, 2.05) is 12.1 Å². The maximum atomic E-state index is 14.4. The smallest absolute Gasteiger partial charge is 0.130 e. The second-order valence-electron chi connectivity index (χ2n) is 6.85.